The van der Waals surface area contributed by atoms with Gasteiger partial charge in [0.25, 0.3) is 0 Å². The Morgan fingerprint density at radius 1 is 1.14 bits per heavy atom. The predicted molar refractivity (Wildman–Crippen MR) is 53.1 cm³/mol. The van der Waals surface area contributed by atoms with Crippen LogP contribution in [0, 0.1) is 0 Å². The van der Waals surface area contributed by atoms with Gasteiger partial charge in [-0.1, -0.05) is 24.3 Å². The van der Waals surface area contributed by atoms with Crippen LogP contribution in [0.2, 0.25) is 0 Å². The minimum atomic E-state index is -1.14. The highest BCUT2D eigenvalue weighted by Gasteiger charge is 2.35. The molecule has 1 nitrogen and oxygen atoms in total. The van der Waals surface area contributed by atoms with Gasteiger partial charge < -0.3 is 0 Å². The Morgan fingerprint density at radius 3 is 2.21 bits per heavy atom. The summed E-state index contributed by atoms with van der Waals surface area (Å²) in [6.45, 7) is 0. The number of hydrogen-bond donors (Lipinski definition) is 0. The highest BCUT2D eigenvalue weighted by Crippen LogP contribution is 2.42. The van der Waals surface area contributed by atoms with Crippen molar-refractivity contribution in [3.63, 3.8) is 0 Å². The Bertz CT molecular complexity index is 323. The first-order chi connectivity index (χ1) is 6.74. The number of alkyl halides is 1. The third-order valence-corrected chi connectivity index (χ3v) is 2.96. The molecule has 74 valence electrons. The summed E-state index contributed by atoms with van der Waals surface area (Å²) in [5.74, 6) is 0. The van der Waals surface area contributed by atoms with Crippen molar-refractivity contribution in [1.29, 1.82) is 0 Å². The number of halogens is 1. The van der Waals surface area contributed by atoms with Gasteiger partial charge in [-0.05, 0) is 31.2 Å². The van der Waals surface area contributed by atoms with Crippen LogP contribution >= 0.6 is 0 Å². The van der Waals surface area contributed by atoms with Crippen molar-refractivity contribution in [2.24, 2.45) is 0 Å². The van der Waals surface area contributed by atoms with E-state index in [2.05, 4.69) is 0 Å². The smallest absolute Gasteiger partial charge is 0.150 e. The maximum Gasteiger partial charge on any atom is 0.150 e. The van der Waals surface area contributed by atoms with Crippen LogP contribution in [-0.2, 0) is 5.67 Å². The summed E-state index contributed by atoms with van der Waals surface area (Å²) in [6.07, 6.45) is 3.95. The normalized spacial score (nSPS) is 19.5. The van der Waals surface area contributed by atoms with E-state index >= 15 is 0 Å². The second-order valence-corrected chi connectivity index (χ2v) is 3.91. The highest BCUT2D eigenvalue weighted by atomic mass is 19.1. The highest BCUT2D eigenvalue weighted by molar-refractivity contribution is 5.74. The molecule has 2 heteroatoms. The lowest BCUT2D eigenvalue weighted by Crippen LogP contribution is -2.14. The zero-order chi connectivity index (χ0) is 10.0. The minimum Gasteiger partial charge on any atom is -0.298 e. The molecule has 1 aromatic rings. The second kappa shape index (κ2) is 3.52. The first-order valence-electron chi connectivity index (χ1n) is 4.99. The van der Waals surface area contributed by atoms with E-state index in [1.807, 2.05) is 0 Å². The molecule has 0 saturated heterocycles. The van der Waals surface area contributed by atoms with Crippen molar-refractivity contribution in [2.75, 3.05) is 0 Å². The maximum atomic E-state index is 14.2. The molecule has 2 rings (SSSR count). The van der Waals surface area contributed by atoms with Crippen LogP contribution in [0.1, 0.15) is 41.6 Å². The van der Waals surface area contributed by atoms with E-state index in [-0.39, 0.29) is 0 Å². The summed E-state index contributed by atoms with van der Waals surface area (Å²) in [7, 11) is 0. The maximum absolute atomic E-state index is 14.2. The molecule has 0 radical (unpaired) electrons. The van der Waals surface area contributed by atoms with Gasteiger partial charge in [-0.3, -0.25) is 4.79 Å². The van der Waals surface area contributed by atoms with Crippen LogP contribution < -0.4 is 0 Å². The van der Waals surface area contributed by atoms with E-state index in [4.69, 9.17) is 0 Å². The molecule has 1 saturated carbocycles. The fraction of sp³-hybridized carbons (Fsp3) is 0.417. The molecule has 0 atom stereocenters. The van der Waals surface area contributed by atoms with Gasteiger partial charge in [0.15, 0.2) is 0 Å². The van der Waals surface area contributed by atoms with Gasteiger partial charge in [0.1, 0.15) is 12.0 Å². The van der Waals surface area contributed by atoms with Crippen LogP contribution in [0.15, 0.2) is 24.3 Å². The fourth-order valence-electron chi connectivity index (χ4n) is 2.08. The monoisotopic (exact) mass is 192 g/mol. The molecule has 1 aliphatic rings. The van der Waals surface area contributed by atoms with Crippen LogP contribution in [0.25, 0.3) is 0 Å². The zero-order valence-corrected chi connectivity index (χ0v) is 8.00. The van der Waals surface area contributed by atoms with Gasteiger partial charge in [-0.25, -0.2) is 4.39 Å². The average Bonchev–Trinajstić information content (AvgIpc) is 2.67. The van der Waals surface area contributed by atoms with Gasteiger partial charge in [0.2, 0.25) is 0 Å². The summed E-state index contributed by atoms with van der Waals surface area (Å²) < 4.78 is 14.2. The molecule has 1 aromatic carbocycles. The van der Waals surface area contributed by atoms with Gasteiger partial charge in [-0.2, -0.15) is 0 Å². The number of hydrogen-bond acceptors (Lipinski definition) is 1. The van der Waals surface area contributed by atoms with Gasteiger partial charge >= 0.3 is 0 Å². The SMILES string of the molecule is O=Cc1ccc(C2(F)CCCC2)cc1. The molecule has 0 spiro atoms. The Labute approximate surface area is 82.9 Å². The summed E-state index contributed by atoms with van der Waals surface area (Å²) in [4.78, 5) is 10.4. The van der Waals surface area contributed by atoms with E-state index in [0.717, 1.165) is 24.7 Å². The van der Waals surface area contributed by atoms with E-state index in [9.17, 15) is 9.18 Å². The topological polar surface area (TPSA) is 17.1 Å². The van der Waals surface area contributed by atoms with Crippen molar-refractivity contribution in [2.45, 2.75) is 31.4 Å². The summed E-state index contributed by atoms with van der Waals surface area (Å²) in [5, 5.41) is 0. The molecule has 0 amide bonds. The van der Waals surface area contributed by atoms with Crippen LogP contribution in [0.5, 0.6) is 0 Å². The summed E-state index contributed by atoms with van der Waals surface area (Å²) >= 11 is 0. The van der Waals surface area contributed by atoms with Crippen molar-refractivity contribution in [3.05, 3.63) is 35.4 Å². The molecule has 0 aliphatic heterocycles. The summed E-state index contributed by atoms with van der Waals surface area (Å²) in [5.41, 5.74) is 0.192. The van der Waals surface area contributed by atoms with Crippen molar-refractivity contribution in [1.82, 2.24) is 0 Å². The average molecular weight is 192 g/mol. The van der Waals surface area contributed by atoms with Crippen LogP contribution in [-0.4, -0.2) is 6.29 Å². The van der Waals surface area contributed by atoms with Gasteiger partial charge in [0.05, 0.1) is 0 Å². The van der Waals surface area contributed by atoms with E-state index in [1.54, 1.807) is 24.3 Å². The third-order valence-electron chi connectivity index (χ3n) is 2.96. The largest absolute Gasteiger partial charge is 0.298 e. The van der Waals surface area contributed by atoms with Crippen molar-refractivity contribution < 1.29 is 9.18 Å². The quantitative estimate of drug-likeness (QED) is 0.657. The Hall–Kier alpha value is -1.18. The molecular weight excluding hydrogens is 179 g/mol. The van der Waals surface area contributed by atoms with E-state index < -0.39 is 5.67 Å². The van der Waals surface area contributed by atoms with Gasteiger partial charge in [0, 0.05) is 5.56 Å². The Morgan fingerprint density at radius 2 is 1.71 bits per heavy atom. The molecular formula is C12H13FO. The lowest BCUT2D eigenvalue weighted by molar-refractivity contribution is 0.112. The molecule has 1 aliphatic carbocycles. The van der Waals surface area contributed by atoms with E-state index in [1.165, 1.54) is 0 Å². The van der Waals surface area contributed by atoms with Gasteiger partial charge in [-0.15, -0.1) is 0 Å². The third kappa shape index (κ3) is 1.57. The lowest BCUT2D eigenvalue weighted by atomic mass is 9.93. The fourth-order valence-corrected chi connectivity index (χ4v) is 2.08. The van der Waals surface area contributed by atoms with Crippen LogP contribution in [0.3, 0.4) is 0 Å². The van der Waals surface area contributed by atoms with E-state index in [0.29, 0.717) is 18.4 Å². The molecule has 1 fully saturated rings. The number of carbonyl (C=O) groups excluding carboxylic acids is 1. The van der Waals surface area contributed by atoms with Crippen LogP contribution in [0.4, 0.5) is 4.39 Å². The number of aldehydes is 1. The molecule has 0 aromatic heterocycles. The molecule has 14 heavy (non-hydrogen) atoms. The number of carbonyl (C=O) groups is 1. The number of rotatable bonds is 2. The molecule has 0 bridgehead atoms. The first-order valence-corrected chi connectivity index (χ1v) is 4.99. The van der Waals surface area contributed by atoms with Crippen molar-refractivity contribution in [3.8, 4) is 0 Å². The molecule has 0 N–H and O–H groups in total. The number of benzene rings is 1. The lowest BCUT2D eigenvalue weighted by Gasteiger charge is -2.19. The minimum absolute atomic E-state index is 0.607. The Kier molecular flexibility index (Phi) is 2.36. The zero-order valence-electron chi connectivity index (χ0n) is 8.00. The first kappa shape index (κ1) is 9.38. The summed E-state index contributed by atoms with van der Waals surface area (Å²) in [6, 6.07) is 6.83. The molecule has 0 heterocycles. The second-order valence-electron chi connectivity index (χ2n) is 3.91. The Balaban J connectivity index is 2.27. The van der Waals surface area contributed by atoms with Crippen molar-refractivity contribution >= 4 is 6.29 Å². The molecule has 0 unspecified atom stereocenters. The predicted octanol–water partition coefficient (Wildman–Crippen LogP) is 3.24. The standard InChI is InChI=1S/C12H13FO/c13-12(7-1-2-8-12)11-5-3-10(9-14)4-6-11/h3-6,9H,1-2,7-8H2.